The molecule has 0 amide bonds. The zero-order chi connectivity index (χ0) is 23.7. The van der Waals surface area contributed by atoms with Gasteiger partial charge in [-0.25, -0.2) is 0 Å². The van der Waals surface area contributed by atoms with Crippen LogP contribution in [-0.4, -0.2) is 9.67 Å². The largest absolute Gasteiger partial charge is 0.507 e. The van der Waals surface area contributed by atoms with Gasteiger partial charge in [0, 0.05) is 22.1 Å². The minimum Gasteiger partial charge on any atom is -0.507 e. The zero-order valence-corrected chi connectivity index (χ0v) is 19.8. The lowest BCUT2D eigenvalue weighted by Gasteiger charge is -2.21. The number of para-hydroxylation sites is 1. The molecule has 0 saturated carbocycles. The third kappa shape index (κ3) is 2.71. The topological polar surface area (TPSA) is 25.2 Å². The van der Waals surface area contributed by atoms with Crippen LogP contribution in [0.5, 0.6) is 5.75 Å². The minimum absolute atomic E-state index is 0.184. The number of aromatic hydroxyl groups is 1. The number of hydrogen-bond acceptors (Lipinski definition) is 1. The normalized spacial score (nSPS) is 13.8. The van der Waals surface area contributed by atoms with Crippen LogP contribution in [0.4, 0.5) is 0 Å². The molecule has 5 aromatic carbocycles. The summed E-state index contributed by atoms with van der Waals surface area (Å²) in [5.74, 6) is 0.343. The van der Waals surface area contributed by atoms with Gasteiger partial charge in [0.1, 0.15) is 5.75 Å². The highest BCUT2D eigenvalue weighted by Gasteiger charge is 2.38. The Morgan fingerprint density at radius 3 is 2.11 bits per heavy atom. The van der Waals surface area contributed by atoms with E-state index in [-0.39, 0.29) is 5.41 Å². The molecule has 2 nitrogen and oxygen atoms in total. The number of aromatic nitrogens is 1. The zero-order valence-electron chi connectivity index (χ0n) is 19.8. The van der Waals surface area contributed by atoms with Gasteiger partial charge in [0.25, 0.3) is 0 Å². The minimum atomic E-state index is -0.184. The van der Waals surface area contributed by atoms with Crippen molar-refractivity contribution in [2.75, 3.05) is 0 Å². The summed E-state index contributed by atoms with van der Waals surface area (Å²) in [6.45, 7) is 4.51. The molecule has 1 heterocycles. The van der Waals surface area contributed by atoms with E-state index < -0.39 is 0 Å². The molecule has 0 saturated heterocycles. The van der Waals surface area contributed by atoms with Crippen molar-refractivity contribution in [3.63, 3.8) is 0 Å². The molecule has 0 aliphatic heterocycles. The number of rotatable bonds is 2. The van der Waals surface area contributed by atoms with Gasteiger partial charge in [0.05, 0.1) is 16.4 Å². The van der Waals surface area contributed by atoms with E-state index in [9.17, 15) is 5.11 Å². The van der Waals surface area contributed by atoms with E-state index in [1.165, 1.54) is 33.4 Å². The Morgan fingerprint density at radius 2 is 1.31 bits per heavy atom. The van der Waals surface area contributed by atoms with Gasteiger partial charge in [-0.2, -0.15) is 0 Å². The van der Waals surface area contributed by atoms with Crippen molar-refractivity contribution in [2.45, 2.75) is 19.3 Å². The van der Waals surface area contributed by atoms with E-state index >= 15 is 0 Å². The average molecular weight is 452 g/mol. The van der Waals surface area contributed by atoms with E-state index in [1.807, 2.05) is 12.1 Å². The second kappa shape index (κ2) is 7.10. The highest BCUT2D eigenvalue weighted by molar-refractivity contribution is 6.18. The van der Waals surface area contributed by atoms with Gasteiger partial charge in [0.15, 0.2) is 0 Å². The monoisotopic (exact) mass is 451 g/mol. The Kier molecular flexibility index (Phi) is 4.08. The first kappa shape index (κ1) is 20.1. The third-order valence-corrected chi connectivity index (χ3v) is 7.69. The molecule has 1 aliphatic rings. The second-order valence-electron chi connectivity index (χ2n) is 9.98. The van der Waals surface area contributed by atoms with E-state index in [4.69, 9.17) is 0 Å². The molecule has 1 N–H and O–H groups in total. The lowest BCUT2D eigenvalue weighted by atomic mass is 9.82. The van der Waals surface area contributed by atoms with Gasteiger partial charge in [-0.3, -0.25) is 0 Å². The highest BCUT2D eigenvalue weighted by Crippen LogP contribution is 2.54. The molecule has 7 rings (SSSR count). The van der Waals surface area contributed by atoms with Crippen molar-refractivity contribution in [1.29, 1.82) is 0 Å². The van der Waals surface area contributed by atoms with Crippen LogP contribution in [0.1, 0.15) is 25.0 Å². The molecule has 6 aromatic rings. The molecule has 0 spiro atoms. The van der Waals surface area contributed by atoms with Crippen LogP contribution in [0.25, 0.3) is 49.7 Å². The first-order chi connectivity index (χ1) is 17.1. The number of nitrogens with zero attached hydrogens (tertiary/aromatic N) is 1. The summed E-state index contributed by atoms with van der Waals surface area (Å²) in [4.78, 5) is 0. The van der Waals surface area contributed by atoms with Crippen molar-refractivity contribution in [2.24, 2.45) is 0 Å². The number of phenols is 1. The van der Waals surface area contributed by atoms with Crippen molar-refractivity contribution in [3.05, 3.63) is 120 Å². The Morgan fingerprint density at radius 1 is 0.657 bits per heavy atom. The van der Waals surface area contributed by atoms with Crippen LogP contribution in [0.15, 0.2) is 109 Å². The van der Waals surface area contributed by atoms with Crippen molar-refractivity contribution in [1.82, 2.24) is 4.57 Å². The number of benzene rings is 5. The number of hydrogen-bond donors (Lipinski definition) is 1. The fourth-order valence-electron chi connectivity index (χ4n) is 6.00. The summed E-state index contributed by atoms with van der Waals surface area (Å²) in [7, 11) is 0. The van der Waals surface area contributed by atoms with E-state index in [1.54, 1.807) is 0 Å². The third-order valence-electron chi connectivity index (χ3n) is 7.69. The fourth-order valence-corrected chi connectivity index (χ4v) is 6.00. The molecule has 1 aromatic heterocycles. The van der Waals surface area contributed by atoms with Gasteiger partial charge in [-0.1, -0.05) is 98.8 Å². The van der Waals surface area contributed by atoms with Crippen LogP contribution < -0.4 is 0 Å². The van der Waals surface area contributed by atoms with Crippen molar-refractivity contribution in [3.8, 4) is 33.7 Å². The van der Waals surface area contributed by atoms with Crippen molar-refractivity contribution >= 4 is 21.8 Å². The molecular formula is C33H25NO. The standard InChI is InChI=1S/C33H25NO/c1-33(2)26-14-8-6-12-24(26)30-27(33)20-29(35)31-25-13-7-9-15-28(25)34(32(30)31)23-18-16-22(17-19-23)21-10-4-3-5-11-21/h3-20,35H,1-2H3. The second-order valence-corrected chi connectivity index (χ2v) is 9.98. The van der Waals surface area contributed by atoms with Crippen LogP contribution in [0.2, 0.25) is 0 Å². The molecule has 0 radical (unpaired) electrons. The molecule has 0 fully saturated rings. The molecule has 168 valence electrons. The maximum atomic E-state index is 11.4. The Bertz CT molecular complexity index is 1760. The lowest BCUT2D eigenvalue weighted by Crippen LogP contribution is -2.14. The first-order valence-corrected chi connectivity index (χ1v) is 12.1. The number of fused-ring (bicyclic) bond motifs is 7. The summed E-state index contributed by atoms with van der Waals surface area (Å²) in [6.07, 6.45) is 0. The Balaban J connectivity index is 1.59. The first-order valence-electron chi connectivity index (χ1n) is 12.1. The Labute approximate surface area is 204 Å². The van der Waals surface area contributed by atoms with Crippen LogP contribution in [-0.2, 0) is 5.41 Å². The lowest BCUT2D eigenvalue weighted by molar-refractivity contribution is 0.479. The summed E-state index contributed by atoms with van der Waals surface area (Å²) < 4.78 is 2.33. The summed E-state index contributed by atoms with van der Waals surface area (Å²) in [5, 5.41) is 13.4. The highest BCUT2D eigenvalue weighted by atomic mass is 16.3. The summed E-state index contributed by atoms with van der Waals surface area (Å²) in [5.41, 5.74) is 10.4. The van der Waals surface area contributed by atoms with Gasteiger partial charge in [0.2, 0.25) is 0 Å². The van der Waals surface area contributed by atoms with Crippen molar-refractivity contribution < 1.29 is 5.11 Å². The molecule has 0 unspecified atom stereocenters. The predicted molar refractivity (Wildman–Crippen MR) is 145 cm³/mol. The average Bonchev–Trinajstić information content (AvgIpc) is 3.35. The maximum absolute atomic E-state index is 11.4. The smallest absolute Gasteiger partial charge is 0.125 e. The van der Waals surface area contributed by atoms with Gasteiger partial charge >= 0.3 is 0 Å². The molecule has 0 atom stereocenters. The SMILES string of the molecule is CC1(C)c2ccccc2-c2c1cc(O)c1c3ccccc3n(-c3ccc(-c4ccccc4)cc3)c21. The van der Waals surface area contributed by atoms with Gasteiger partial charge in [-0.05, 0) is 52.1 Å². The molecule has 0 bridgehead atoms. The molecule has 2 heteroatoms. The predicted octanol–water partition coefficient (Wildman–Crippen LogP) is 8.46. The molecular weight excluding hydrogens is 426 g/mol. The summed E-state index contributed by atoms with van der Waals surface area (Å²) >= 11 is 0. The molecule has 1 aliphatic carbocycles. The molecule has 35 heavy (non-hydrogen) atoms. The quantitative estimate of drug-likeness (QED) is 0.281. The van der Waals surface area contributed by atoms with E-state index in [2.05, 4.69) is 115 Å². The van der Waals surface area contributed by atoms with E-state index in [0.29, 0.717) is 5.75 Å². The van der Waals surface area contributed by atoms with Gasteiger partial charge in [-0.15, -0.1) is 0 Å². The number of phenolic OH excluding ortho intramolecular Hbond substituents is 1. The van der Waals surface area contributed by atoms with Crippen LogP contribution in [0, 0.1) is 0 Å². The maximum Gasteiger partial charge on any atom is 0.125 e. The van der Waals surface area contributed by atoms with Crippen LogP contribution in [0.3, 0.4) is 0 Å². The Hall–Kier alpha value is -4.30. The van der Waals surface area contributed by atoms with Crippen LogP contribution >= 0.6 is 0 Å². The summed E-state index contributed by atoms with van der Waals surface area (Å²) in [6, 6.07) is 38.3. The van der Waals surface area contributed by atoms with Gasteiger partial charge < -0.3 is 9.67 Å². The fraction of sp³-hybridized carbons (Fsp3) is 0.0909. The van der Waals surface area contributed by atoms with E-state index in [0.717, 1.165) is 27.5 Å².